The molecule has 8 heteroatoms. The summed E-state index contributed by atoms with van der Waals surface area (Å²) < 4.78 is 13.8. The Morgan fingerprint density at radius 1 is 0.500 bits per heavy atom. The lowest BCUT2D eigenvalue weighted by Crippen LogP contribution is -2.35. The van der Waals surface area contributed by atoms with E-state index in [2.05, 4.69) is 42.1 Å². The van der Waals surface area contributed by atoms with Crippen LogP contribution in [0.3, 0.4) is 0 Å². The van der Waals surface area contributed by atoms with E-state index in [4.69, 9.17) is 9.47 Å². The quantitative estimate of drug-likeness (QED) is 0.0513. The number of ether oxygens (including phenoxy) is 2. The van der Waals surface area contributed by atoms with Crippen molar-refractivity contribution in [2.45, 2.75) is 311 Å². The van der Waals surface area contributed by atoms with Crippen LogP contribution in [-0.2, 0) is 25.6 Å². The van der Waals surface area contributed by atoms with Crippen molar-refractivity contribution in [3.05, 3.63) is 18.2 Å². The summed E-state index contributed by atoms with van der Waals surface area (Å²) in [4.78, 5) is 32.8. The van der Waals surface area contributed by atoms with Gasteiger partial charge in [0.2, 0.25) is 0 Å². The first-order valence-corrected chi connectivity index (χ1v) is 30.0. The van der Waals surface area contributed by atoms with Gasteiger partial charge in [0, 0.05) is 44.9 Å². The van der Waals surface area contributed by atoms with E-state index in [-0.39, 0.29) is 11.9 Å². The number of esters is 2. The number of imidazole rings is 1. The van der Waals surface area contributed by atoms with Crippen molar-refractivity contribution in [3.63, 3.8) is 0 Å². The second kappa shape index (κ2) is 48.7. The maximum Gasteiger partial charge on any atom is 0.306 e. The van der Waals surface area contributed by atoms with Gasteiger partial charge in [-0.1, -0.05) is 220 Å². The average Bonchev–Trinajstić information content (AvgIpc) is 3.75. The number of carbonyl (C=O) groups is 2. The Balaban J connectivity index is 2.45. The minimum atomic E-state index is -0.414. The summed E-state index contributed by atoms with van der Waals surface area (Å²) in [5.74, 6) is 1.90. The summed E-state index contributed by atoms with van der Waals surface area (Å²) in [6.45, 7) is 15.4. The molecule has 1 heterocycles. The van der Waals surface area contributed by atoms with Crippen LogP contribution in [0.2, 0.25) is 0 Å². The molecule has 0 fully saturated rings. The summed E-state index contributed by atoms with van der Waals surface area (Å²) in [5, 5.41) is 11.2. The van der Waals surface area contributed by atoms with Crippen LogP contribution in [0.5, 0.6) is 0 Å². The Labute approximate surface area is 422 Å². The van der Waals surface area contributed by atoms with Crippen LogP contribution in [0.4, 0.5) is 0 Å². The van der Waals surface area contributed by atoms with E-state index in [1.807, 2.05) is 19.3 Å². The van der Waals surface area contributed by atoms with Crippen LogP contribution >= 0.6 is 0 Å². The van der Waals surface area contributed by atoms with Gasteiger partial charge in [0.1, 0.15) is 5.82 Å². The fourth-order valence-electron chi connectivity index (χ4n) is 10.1. The number of carbonyl (C=O) groups excluding carboxylic acids is 2. The smallest absolute Gasteiger partial charge is 0.306 e. The number of aliphatic hydroxyl groups is 1. The van der Waals surface area contributed by atoms with Gasteiger partial charge in [-0.05, 0) is 83.1 Å². The van der Waals surface area contributed by atoms with Crippen LogP contribution in [-0.4, -0.2) is 70.4 Å². The van der Waals surface area contributed by atoms with Gasteiger partial charge < -0.3 is 19.1 Å². The third-order valence-electron chi connectivity index (χ3n) is 14.7. The van der Waals surface area contributed by atoms with Crippen molar-refractivity contribution in [2.24, 2.45) is 11.8 Å². The fourth-order valence-corrected chi connectivity index (χ4v) is 10.1. The van der Waals surface area contributed by atoms with Crippen molar-refractivity contribution in [2.75, 3.05) is 32.8 Å². The molecule has 0 aromatic carbocycles. The Bertz CT molecular complexity index is 1220. The van der Waals surface area contributed by atoms with Gasteiger partial charge >= 0.3 is 11.9 Å². The number of rotatable bonds is 53. The minimum absolute atomic E-state index is 0.00505. The highest BCUT2D eigenvalue weighted by Crippen LogP contribution is 2.25. The van der Waals surface area contributed by atoms with Crippen molar-refractivity contribution in [1.29, 1.82) is 0 Å². The molecule has 0 aliphatic rings. The number of aromatic nitrogens is 2. The molecule has 0 amide bonds. The molecule has 0 saturated heterocycles. The molecule has 3 unspecified atom stereocenters. The molecule has 1 rings (SSSR count). The maximum absolute atomic E-state index is 13.0. The minimum Gasteiger partial charge on any atom is -0.466 e. The van der Waals surface area contributed by atoms with E-state index in [1.54, 1.807) is 0 Å². The molecule has 0 saturated carbocycles. The first-order chi connectivity index (χ1) is 33.3. The number of hydrogen-bond donors (Lipinski definition) is 1. The molecule has 1 N–H and O–H groups in total. The van der Waals surface area contributed by atoms with E-state index in [1.165, 1.54) is 186 Å². The Kier molecular flexibility index (Phi) is 45.9. The van der Waals surface area contributed by atoms with Gasteiger partial charge in [-0.3, -0.25) is 14.5 Å². The molecule has 0 bridgehead atoms. The third kappa shape index (κ3) is 40.8. The zero-order valence-corrected chi connectivity index (χ0v) is 46.0. The lowest BCUT2D eigenvalue weighted by atomic mass is 9.91. The molecule has 1 aromatic heterocycles. The first kappa shape index (κ1) is 64.1. The van der Waals surface area contributed by atoms with E-state index < -0.39 is 6.10 Å². The normalized spacial score (nSPS) is 13.0. The molecule has 0 aliphatic heterocycles. The number of nitrogens with zero attached hydrogens (tertiary/aromatic N) is 3. The van der Waals surface area contributed by atoms with Crippen LogP contribution in [0.1, 0.15) is 297 Å². The monoisotopic (exact) mass is 958 g/mol. The summed E-state index contributed by atoms with van der Waals surface area (Å²) >= 11 is 0. The van der Waals surface area contributed by atoms with E-state index >= 15 is 0 Å². The number of hydrogen-bond acceptors (Lipinski definition) is 7. The van der Waals surface area contributed by atoms with Crippen LogP contribution in [0.15, 0.2) is 12.4 Å². The molecular weight excluding hydrogens is 843 g/mol. The van der Waals surface area contributed by atoms with E-state index in [0.717, 1.165) is 83.2 Å². The van der Waals surface area contributed by atoms with Gasteiger partial charge in [0.15, 0.2) is 0 Å². The van der Waals surface area contributed by atoms with Crippen LogP contribution < -0.4 is 0 Å². The van der Waals surface area contributed by atoms with Crippen molar-refractivity contribution >= 4 is 11.9 Å². The molecule has 400 valence electrons. The zero-order chi connectivity index (χ0) is 49.4. The van der Waals surface area contributed by atoms with Gasteiger partial charge in [-0.2, -0.15) is 0 Å². The third-order valence-corrected chi connectivity index (χ3v) is 14.7. The Morgan fingerprint density at radius 3 is 1.25 bits per heavy atom. The largest absolute Gasteiger partial charge is 0.466 e. The topological polar surface area (TPSA) is 93.9 Å². The Morgan fingerprint density at radius 2 is 0.853 bits per heavy atom. The summed E-state index contributed by atoms with van der Waals surface area (Å²) in [6.07, 6.45) is 52.5. The maximum atomic E-state index is 13.0. The lowest BCUT2D eigenvalue weighted by Gasteiger charge is -2.25. The van der Waals surface area contributed by atoms with Gasteiger partial charge in [0.05, 0.1) is 19.3 Å². The predicted molar refractivity (Wildman–Crippen MR) is 290 cm³/mol. The molecule has 68 heavy (non-hydrogen) atoms. The molecule has 8 nitrogen and oxygen atoms in total. The molecule has 3 atom stereocenters. The van der Waals surface area contributed by atoms with E-state index in [0.29, 0.717) is 50.9 Å². The van der Waals surface area contributed by atoms with Crippen molar-refractivity contribution in [3.8, 4) is 0 Å². The molecule has 1 aromatic rings. The lowest BCUT2D eigenvalue weighted by molar-refractivity contribution is -0.146. The predicted octanol–water partition coefficient (Wildman–Crippen LogP) is 17.2. The second-order valence-electron chi connectivity index (χ2n) is 21.3. The van der Waals surface area contributed by atoms with Crippen molar-refractivity contribution in [1.82, 2.24) is 14.5 Å². The average molecular weight is 959 g/mol. The van der Waals surface area contributed by atoms with Crippen LogP contribution in [0.25, 0.3) is 0 Å². The first-order valence-electron chi connectivity index (χ1n) is 30.0. The highest BCUT2D eigenvalue weighted by Gasteiger charge is 2.18. The molecular formula is C60H115N3O5. The number of aliphatic hydroxyl groups excluding tert-OH is 1. The molecule has 0 aliphatic carbocycles. The fraction of sp³-hybridized carbons (Fsp3) is 0.917. The zero-order valence-electron chi connectivity index (χ0n) is 46.0. The highest BCUT2D eigenvalue weighted by atomic mass is 16.5. The van der Waals surface area contributed by atoms with Crippen molar-refractivity contribution < 1.29 is 24.2 Å². The number of aryl methyl sites for hydroxylation is 1. The second-order valence-corrected chi connectivity index (χ2v) is 21.3. The number of unbranched alkanes of at least 4 members (excludes halogenated alkanes) is 28. The summed E-state index contributed by atoms with van der Waals surface area (Å²) in [7, 11) is 0. The molecule has 0 spiro atoms. The highest BCUT2D eigenvalue weighted by molar-refractivity contribution is 5.70. The summed E-state index contributed by atoms with van der Waals surface area (Å²) in [5.41, 5.74) is 0. The van der Waals surface area contributed by atoms with Gasteiger partial charge in [-0.25, -0.2) is 4.98 Å². The van der Waals surface area contributed by atoms with Gasteiger partial charge in [0.25, 0.3) is 0 Å². The SMILES string of the molecule is CCCCCCCCCCC(CCCCCCCC)CC(=O)OCCCCCCN(CCn1ccnc1C)CC(O)CCCCOC(=O)CC(CCCCCCCC)CCCCCCCCCC. The van der Waals surface area contributed by atoms with E-state index in [9.17, 15) is 14.7 Å². The molecule has 0 radical (unpaired) electrons. The van der Waals surface area contributed by atoms with Crippen LogP contribution in [0, 0.1) is 18.8 Å². The Hall–Kier alpha value is -1.93. The summed E-state index contributed by atoms with van der Waals surface area (Å²) in [6, 6.07) is 0. The standard InChI is InChI=1S/C60H115N3O5/c1-6-10-14-18-22-24-28-34-42-56(40-32-26-20-16-12-8-3)52-59(65)67-50-38-31-30-37-46-62(48-49-63-47-45-61-55(63)5)54-58(64)44-36-39-51-68-60(66)53-57(41-33-27-21-17-13-9-4)43-35-29-25-23-19-15-11-7-2/h45,47,56-58,64H,6-44,46,48-54H2,1-5H3. The van der Waals surface area contributed by atoms with Gasteiger partial charge in [-0.15, -0.1) is 0 Å².